The number of hydrogen-bond acceptors (Lipinski definition) is 3. The highest BCUT2D eigenvalue weighted by molar-refractivity contribution is 7.91. The first kappa shape index (κ1) is 10.1. The molecular weight excluding hydrogens is 190 g/mol. The van der Waals surface area contributed by atoms with Gasteiger partial charge in [-0.1, -0.05) is 0 Å². The number of aromatic nitrogens is 1. The fourth-order valence-corrected chi connectivity index (χ4v) is 2.14. The highest BCUT2D eigenvalue weighted by atomic mass is 32.2. The van der Waals surface area contributed by atoms with E-state index >= 15 is 0 Å². The van der Waals surface area contributed by atoms with E-state index in [1.54, 1.807) is 6.07 Å². The van der Waals surface area contributed by atoms with Gasteiger partial charge in [-0.25, -0.2) is 13.5 Å². The molecule has 0 aliphatic carbocycles. The molecule has 0 saturated heterocycles. The van der Waals surface area contributed by atoms with Gasteiger partial charge in [-0.05, 0) is 18.6 Å². The molecule has 0 amide bonds. The van der Waals surface area contributed by atoms with Crippen molar-refractivity contribution in [2.75, 3.05) is 12.4 Å². The van der Waals surface area contributed by atoms with Gasteiger partial charge in [-0.15, -0.1) is 0 Å². The molecule has 0 aromatic carbocycles. The molecule has 1 heterocycles. The van der Waals surface area contributed by atoms with Crippen molar-refractivity contribution < 1.29 is 13.5 Å². The van der Waals surface area contributed by atoms with Crippen molar-refractivity contribution in [1.29, 1.82) is 0 Å². The van der Waals surface area contributed by atoms with Crippen molar-refractivity contribution in [1.82, 2.24) is 4.98 Å². The van der Waals surface area contributed by atoms with Crippen LogP contribution in [0.3, 0.4) is 0 Å². The summed E-state index contributed by atoms with van der Waals surface area (Å²) in [5, 5.41) is 10.1. The van der Waals surface area contributed by atoms with Gasteiger partial charge in [-0.2, -0.15) is 0 Å². The third kappa shape index (κ3) is 2.78. The van der Waals surface area contributed by atoms with E-state index in [9.17, 15) is 13.5 Å². The van der Waals surface area contributed by atoms with Crippen LogP contribution in [-0.2, 0) is 14.9 Å². The Morgan fingerprint density at radius 1 is 1.38 bits per heavy atom. The van der Waals surface area contributed by atoms with Gasteiger partial charge in [0.25, 0.3) is 0 Å². The van der Waals surface area contributed by atoms with Crippen LogP contribution >= 0.6 is 0 Å². The highest BCUT2D eigenvalue weighted by Gasteiger charge is 2.12. The lowest BCUT2D eigenvalue weighted by Gasteiger charge is -2.00. The molecule has 0 saturated carbocycles. The van der Waals surface area contributed by atoms with Crippen LogP contribution in [0.5, 0.6) is 0 Å². The lowest BCUT2D eigenvalue weighted by atomic mass is 10.5. The number of pyridine rings is 1. The minimum Gasteiger partial charge on any atom is -0.263 e. The Labute approximate surface area is 77.2 Å². The Morgan fingerprint density at radius 2 is 2.15 bits per heavy atom. The van der Waals surface area contributed by atoms with Gasteiger partial charge in [0, 0.05) is 12.4 Å². The average Bonchev–Trinajstić information content (AvgIpc) is 2.16. The molecule has 0 unspecified atom stereocenters. The van der Waals surface area contributed by atoms with Crippen LogP contribution in [0, 0.1) is 0 Å². The van der Waals surface area contributed by atoms with Crippen molar-refractivity contribution in [3.63, 3.8) is 0 Å². The molecule has 0 bridgehead atoms. The summed E-state index contributed by atoms with van der Waals surface area (Å²) in [4.78, 5) is 3.89. The summed E-state index contributed by atoms with van der Waals surface area (Å²) >= 11 is 0. The van der Waals surface area contributed by atoms with Gasteiger partial charge in [0.1, 0.15) is 0 Å². The van der Waals surface area contributed by atoms with Crippen molar-refractivity contribution in [3.05, 3.63) is 24.5 Å². The smallest absolute Gasteiger partial charge is 0.179 e. The topological polar surface area (TPSA) is 66.9 Å². The predicted octanol–water partition coefficient (Wildman–Crippen LogP) is 0.676. The molecule has 0 aliphatic heterocycles. The van der Waals surface area contributed by atoms with Crippen LogP contribution < -0.4 is 0 Å². The Balaban J connectivity index is 2.83. The number of hydrogen-bond donors (Lipinski definition) is 0. The third-order valence-corrected chi connectivity index (χ3v) is 3.34. The molecule has 4 nitrogen and oxygen atoms in total. The second-order valence-electron chi connectivity index (χ2n) is 2.57. The van der Waals surface area contributed by atoms with Gasteiger partial charge in [0.2, 0.25) is 0 Å². The molecule has 1 radical (unpaired) electrons. The first-order chi connectivity index (χ1) is 6.17. The molecule has 5 heteroatoms. The first-order valence-electron chi connectivity index (χ1n) is 3.88. The van der Waals surface area contributed by atoms with Crippen LogP contribution in [0.2, 0.25) is 0 Å². The number of sulfone groups is 1. The Morgan fingerprint density at radius 3 is 2.69 bits per heavy atom. The SMILES string of the molecule is [O]CCCS(=O)(=O)c1cccnc1. The fraction of sp³-hybridized carbons (Fsp3) is 0.375. The lowest BCUT2D eigenvalue weighted by Crippen LogP contribution is -2.07. The first-order valence-corrected chi connectivity index (χ1v) is 5.53. The molecular formula is C8H10NO3S. The van der Waals surface area contributed by atoms with Gasteiger partial charge >= 0.3 is 0 Å². The van der Waals surface area contributed by atoms with Crippen molar-refractivity contribution >= 4 is 9.84 Å². The van der Waals surface area contributed by atoms with Crippen LogP contribution in [-0.4, -0.2) is 25.8 Å². The van der Waals surface area contributed by atoms with Crippen molar-refractivity contribution in [3.8, 4) is 0 Å². The Kier molecular flexibility index (Phi) is 3.39. The molecule has 1 aromatic rings. The molecule has 0 fully saturated rings. The molecule has 1 aromatic heterocycles. The summed E-state index contributed by atoms with van der Waals surface area (Å²) in [6.07, 6.45) is 2.95. The summed E-state index contributed by atoms with van der Waals surface area (Å²) in [6.45, 7) is -0.362. The molecule has 13 heavy (non-hydrogen) atoms. The number of nitrogens with zero attached hydrogens (tertiary/aromatic N) is 1. The van der Waals surface area contributed by atoms with Crippen LogP contribution in [0.4, 0.5) is 0 Å². The maximum absolute atomic E-state index is 11.4. The summed E-state index contributed by atoms with van der Waals surface area (Å²) < 4.78 is 22.8. The molecule has 0 N–H and O–H groups in total. The second-order valence-corrected chi connectivity index (χ2v) is 4.67. The van der Waals surface area contributed by atoms with Gasteiger partial charge in [-0.3, -0.25) is 4.98 Å². The Bertz CT molecular complexity index is 347. The summed E-state index contributed by atoms with van der Waals surface area (Å²) in [5.41, 5.74) is 0. The van der Waals surface area contributed by atoms with Gasteiger partial charge in [0.05, 0.1) is 17.3 Å². The van der Waals surface area contributed by atoms with E-state index in [1.807, 2.05) is 0 Å². The normalized spacial score (nSPS) is 11.5. The largest absolute Gasteiger partial charge is 0.263 e. The monoisotopic (exact) mass is 200 g/mol. The summed E-state index contributed by atoms with van der Waals surface area (Å²) in [7, 11) is -3.28. The second kappa shape index (κ2) is 4.34. The van der Waals surface area contributed by atoms with Crippen molar-refractivity contribution in [2.24, 2.45) is 0 Å². The quantitative estimate of drug-likeness (QED) is 0.717. The van der Waals surface area contributed by atoms with Gasteiger partial charge in [0.15, 0.2) is 9.84 Å². The molecule has 0 aliphatic rings. The maximum Gasteiger partial charge on any atom is 0.179 e. The van der Waals surface area contributed by atoms with E-state index in [1.165, 1.54) is 18.5 Å². The zero-order chi connectivity index (χ0) is 9.73. The summed E-state index contributed by atoms with van der Waals surface area (Å²) in [6, 6.07) is 3.04. The van der Waals surface area contributed by atoms with E-state index in [0.29, 0.717) is 0 Å². The van der Waals surface area contributed by atoms with E-state index in [-0.39, 0.29) is 23.7 Å². The maximum atomic E-state index is 11.4. The molecule has 0 atom stereocenters. The van der Waals surface area contributed by atoms with Crippen LogP contribution in [0.15, 0.2) is 29.4 Å². The van der Waals surface area contributed by atoms with Gasteiger partial charge < -0.3 is 0 Å². The minimum absolute atomic E-state index is 0.0950. The molecule has 71 valence electrons. The van der Waals surface area contributed by atoms with Crippen molar-refractivity contribution in [2.45, 2.75) is 11.3 Å². The fourth-order valence-electron chi connectivity index (χ4n) is 0.898. The highest BCUT2D eigenvalue weighted by Crippen LogP contribution is 2.09. The average molecular weight is 200 g/mol. The predicted molar refractivity (Wildman–Crippen MR) is 46.5 cm³/mol. The van der Waals surface area contributed by atoms with Crippen LogP contribution in [0.25, 0.3) is 0 Å². The number of rotatable bonds is 4. The van der Waals surface area contributed by atoms with E-state index in [2.05, 4.69) is 4.98 Å². The van der Waals surface area contributed by atoms with E-state index in [0.717, 1.165) is 0 Å². The van der Waals surface area contributed by atoms with E-state index in [4.69, 9.17) is 0 Å². The zero-order valence-electron chi connectivity index (χ0n) is 7.01. The minimum atomic E-state index is -3.28. The van der Waals surface area contributed by atoms with E-state index < -0.39 is 9.84 Å². The molecule has 0 spiro atoms. The van der Waals surface area contributed by atoms with Crippen LogP contribution in [0.1, 0.15) is 6.42 Å². The standard InChI is InChI=1S/C8H10NO3S/c10-5-2-6-13(11,12)8-3-1-4-9-7-8/h1,3-4,7H,2,5-6H2. The third-order valence-electron chi connectivity index (χ3n) is 1.55. The zero-order valence-corrected chi connectivity index (χ0v) is 7.83. The molecule has 1 rings (SSSR count). The Hall–Kier alpha value is -0.940. The lowest BCUT2D eigenvalue weighted by molar-refractivity contribution is 0.194. The summed E-state index contributed by atoms with van der Waals surface area (Å²) in [5.74, 6) is -0.0950.